The number of non-ortho nitro benzene ring substituents is 1. The predicted octanol–water partition coefficient (Wildman–Crippen LogP) is 4.30. The first-order valence-electron chi connectivity index (χ1n) is 9.88. The van der Waals surface area contributed by atoms with E-state index in [0.717, 1.165) is 32.1 Å². The lowest BCUT2D eigenvalue weighted by Crippen LogP contribution is -2.40. The smallest absolute Gasteiger partial charge is 0.276 e. The molecule has 0 aliphatic carbocycles. The summed E-state index contributed by atoms with van der Waals surface area (Å²) < 4.78 is 1.48. The molecule has 1 aromatic heterocycles. The number of hydrogen-bond acceptors (Lipinski definition) is 5. The molecule has 0 saturated heterocycles. The molecule has 0 aliphatic rings. The van der Waals surface area contributed by atoms with Crippen LogP contribution in [-0.2, 0) is 0 Å². The number of carbonyl (C=O) groups is 1. The highest BCUT2D eigenvalue weighted by Crippen LogP contribution is 2.20. The molecule has 1 unspecified atom stereocenters. The Morgan fingerprint density at radius 1 is 1.29 bits per heavy atom. The summed E-state index contributed by atoms with van der Waals surface area (Å²) in [5.74, 6) is -0.133. The minimum absolute atomic E-state index is 0.0296. The monoisotopic (exact) mass is 387 g/mol. The Hall–Kier alpha value is -2.77. The fourth-order valence-electron chi connectivity index (χ4n) is 3.27. The molecule has 1 atom stereocenters. The van der Waals surface area contributed by atoms with Gasteiger partial charge < -0.3 is 4.90 Å². The first-order chi connectivity index (χ1) is 13.4. The van der Waals surface area contributed by atoms with Crippen molar-refractivity contribution in [2.45, 2.75) is 65.8 Å². The molecular weight excluding hydrogens is 358 g/mol. The summed E-state index contributed by atoms with van der Waals surface area (Å²) in [6.45, 7) is 8.76. The van der Waals surface area contributed by atoms with E-state index >= 15 is 0 Å². The number of amides is 1. The second kappa shape index (κ2) is 9.96. The Balaban J connectivity index is 2.32. The number of aromatic nitrogens is 3. The lowest BCUT2D eigenvalue weighted by molar-refractivity contribution is -0.384. The molecule has 2 aromatic rings. The van der Waals surface area contributed by atoms with Gasteiger partial charge in [0, 0.05) is 24.7 Å². The van der Waals surface area contributed by atoms with Crippen molar-refractivity contribution in [3.8, 4) is 5.69 Å². The van der Waals surface area contributed by atoms with Crippen LogP contribution in [0.5, 0.6) is 0 Å². The van der Waals surface area contributed by atoms with Crippen LogP contribution >= 0.6 is 0 Å². The van der Waals surface area contributed by atoms with E-state index in [2.05, 4.69) is 31.1 Å². The Labute approximate surface area is 165 Å². The van der Waals surface area contributed by atoms with Crippen LogP contribution in [0.1, 0.15) is 69.1 Å². The van der Waals surface area contributed by atoms with Gasteiger partial charge in [-0.2, -0.15) is 0 Å². The predicted molar refractivity (Wildman–Crippen MR) is 108 cm³/mol. The number of unbranched alkanes of at least 4 members (excludes halogenated alkanes) is 2. The minimum atomic E-state index is -0.455. The van der Waals surface area contributed by atoms with Crippen LogP contribution in [0.15, 0.2) is 24.3 Å². The molecule has 8 nitrogen and oxygen atoms in total. The molecule has 8 heteroatoms. The zero-order valence-corrected chi connectivity index (χ0v) is 17.1. The van der Waals surface area contributed by atoms with Crippen LogP contribution in [-0.4, -0.2) is 43.3 Å². The molecule has 0 saturated carbocycles. The average Bonchev–Trinajstić information content (AvgIpc) is 3.06. The van der Waals surface area contributed by atoms with Crippen molar-refractivity contribution < 1.29 is 9.72 Å². The topological polar surface area (TPSA) is 94.2 Å². The van der Waals surface area contributed by atoms with Gasteiger partial charge in [-0.25, -0.2) is 4.68 Å². The zero-order valence-electron chi connectivity index (χ0n) is 17.1. The average molecular weight is 387 g/mol. The Kier molecular flexibility index (Phi) is 7.66. The number of nitro groups is 1. The molecule has 1 amide bonds. The van der Waals surface area contributed by atoms with E-state index < -0.39 is 4.92 Å². The molecular formula is C20H29N5O3. The summed E-state index contributed by atoms with van der Waals surface area (Å²) in [7, 11) is 0. The third-order valence-electron chi connectivity index (χ3n) is 4.88. The van der Waals surface area contributed by atoms with Gasteiger partial charge in [0.15, 0.2) is 5.69 Å². The molecule has 28 heavy (non-hydrogen) atoms. The van der Waals surface area contributed by atoms with Crippen molar-refractivity contribution in [2.24, 2.45) is 0 Å². The number of rotatable bonds is 10. The molecule has 0 spiro atoms. The Bertz CT molecular complexity index is 818. The standard InChI is InChI=1S/C20H29N5O3/c1-5-7-8-13-23(15(3)10-6-2)20(26)19-16(4)24(22-21-19)17-11-9-12-18(14-17)25(27)28/h9,11-12,14-15H,5-8,10,13H2,1-4H3. The minimum Gasteiger partial charge on any atom is -0.334 e. The van der Waals surface area contributed by atoms with Gasteiger partial charge in [-0.15, -0.1) is 5.10 Å². The van der Waals surface area contributed by atoms with Crippen molar-refractivity contribution in [1.82, 2.24) is 19.9 Å². The SMILES string of the molecule is CCCCCN(C(=O)c1nnn(-c2cccc([N+](=O)[O-])c2)c1C)C(C)CCC. The summed E-state index contributed by atoms with van der Waals surface area (Å²) in [4.78, 5) is 25.7. The number of hydrogen-bond donors (Lipinski definition) is 0. The summed E-state index contributed by atoms with van der Waals surface area (Å²) in [6, 6.07) is 6.27. The van der Waals surface area contributed by atoms with E-state index in [1.807, 2.05) is 4.90 Å². The van der Waals surface area contributed by atoms with Gasteiger partial charge in [0.25, 0.3) is 11.6 Å². The first kappa shape index (κ1) is 21.5. The molecule has 0 aliphatic heterocycles. The van der Waals surface area contributed by atoms with Crippen LogP contribution in [0.4, 0.5) is 5.69 Å². The number of benzene rings is 1. The Morgan fingerprint density at radius 2 is 2.04 bits per heavy atom. The molecule has 0 N–H and O–H groups in total. The van der Waals surface area contributed by atoms with Gasteiger partial charge in [0.05, 0.1) is 16.3 Å². The number of nitro benzene ring substituents is 1. The molecule has 2 rings (SSSR count). The van der Waals surface area contributed by atoms with Gasteiger partial charge in [0.2, 0.25) is 0 Å². The quantitative estimate of drug-likeness (QED) is 0.344. The fraction of sp³-hybridized carbons (Fsp3) is 0.550. The van der Waals surface area contributed by atoms with Crippen molar-refractivity contribution in [1.29, 1.82) is 0 Å². The molecule has 1 heterocycles. The highest BCUT2D eigenvalue weighted by Gasteiger charge is 2.26. The van der Waals surface area contributed by atoms with Gasteiger partial charge in [-0.1, -0.05) is 44.4 Å². The normalized spacial score (nSPS) is 12.0. The molecule has 0 bridgehead atoms. The Morgan fingerprint density at radius 3 is 2.68 bits per heavy atom. The highest BCUT2D eigenvalue weighted by atomic mass is 16.6. The fourth-order valence-corrected chi connectivity index (χ4v) is 3.27. The second-order valence-corrected chi connectivity index (χ2v) is 7.06. The number of nitrogens with zero attached hydrogens (tertiary/aromatic N) is 5. The maximum atomic E-state index is 13.2. The van der Waals surface area contributed by atoms with Crippen molar-refractivity contribution in [3.63, 3.8) is 0 Å². The van der Waals surface area contributed by atoms with Crippen molar-refractivity contribution in [2.75, 3.05) is 6.54 Å². The van der Waals surface area contributed by atoms with E-state index in [0.29, 0.717) is 23.6 Å². The second-order valence-electron chi connectivity index (χ2n) is 7.06. The van der Waals surface area contributed by atoms with E-state index in [1.54, 1.807) is 19.1 Å². The van der Waals surface area contributed by atoms with Gasteiger partial charge in [-0.3, -0.25) is 14.9 Å². The third-order valence-corrected chi connectivity index (χ3v) is 4.88. The summed E-state index contributed by atoms with van der Waals surface area (Å²) >= 11 is 0. The zero-order chi connectivity index (χ0) is 20.7. The summed E-state index contributed by atoms with van der Waals surface area (Å²) in [5.41, 5.74) is 1.36. The van der Waals surface area contributed by atoms with E-state index in [9.17, 15) is 14.9 Å². The summed E-state index contributed by atoms with van der Waals surface area (Å²) in [5, 5.41) is 19.2. The number of carbonyl (C=O) groups excluding carboxylic acids is 1. The van der Waals surface area contributed by atoms with Crippen LogP contribution in [0.25, 0.3) is 5.69 Å². The van der Waals surface area contributed by atoms with Crippen molar-refractivity contribution in [3.05, 3.63) is 45.8 Å². The molecule has 152 valence electrons. The van der Waals surface area contributed by atoms with E-state index in [4.69, 9.17) is 0 Å². The maximum absolute atomic E-state index is 13.2. The largest absolute Gasteiger partial charge is 0.334 e. The van der Waals surface area contributed by atoms with Crippen LogP contribution in [0.3, 0.4) is 0 Å². The molecule has 0 radical (unpaired) electrons. The van der Waals surface area contributed by atoms with Crippen LogP contribution in [0.2, 0.25) is 0 Å². The van der Waals surface area contributed by atoms with Crippen LogP contribution in [0, 0.1) is 17.0 Å². The van der Waals surface area contributed by atoms with Gasteiger partial charge >= 0.3 is 0 Å². The molecule has 1 aromatic carbocycles. The van der Waals surface area contributed by atoms with Crippen LogP contribution < -0.4 is 0 Å². The summed E-state index contributed by atoms with van der Waals surface area (Å²) in [6.07, 6.45) is 5.04. The third kappa shape index (κ3) is 4.94. The lowest BCUT2D eigenvalue weighted by Gasteiger charge is -2.28. The lowest BCUT2D eigenvalue weighted by atomic mass is 10.1. The maximum Gasteiger partial charge on any atom is 0.276 e. The van der Waals surface area contributed by atoms with E-state index in [-0.39, 0.29) is 17.6 Å². The van der Waals surface area contributed by atoms with Gasteiger partial charge in [0.1, 0.15) is 0 Å². The van der Waals surface area contributed by atoms with Gasteiger partial charge in [-0.05, 0) is 32.8 Å². The first-order valence-corrected chi connectivity index (χ1v) is 9.88. The van der Waals surface area contributed by atoms with Crippen molar-refractivity contribution >= 4 is 11.6 Å². The van der Waals surface area contributed by atoms with E-state index in [1.165, 1.54) is 16.8 Å². The highest BCUT2D eigenvalue weighted by molar-refractivity contribution is 5.93. The molecule has 0 fully saturated rings.